The Balaban J connectivity index is 1.69. The Hall–Kier alpha value is -0.0800. The third kappa shape index (κ3) is 3.69. The molecule has 1 N–H and O–H groups in total. The Morgan fingerprint density at radius 3 is 2.82 bits per heavy atom. The zero-order chi connectivity index (χ0) is 12.1. The van der Waals surface area contributed by atoms with Crippen LogP contribution in [0, 0.1) is 11.8 Å². The van der Waals surface area contributed by atoms with Crippen molar-refractivity contribution >= 4 is 0 Å². The molecule has 17 heavy (non-hydrogen) atoms. The third-order valence-corrected chi connectivity index (χ3v) is 4.85. The van der Waals surface area contributed by atoms with E-state index in [2.05, 4.69) is 24.1 Å². The van der Waals surface area contributed by atoms with E-state index in [1.807, 2.05) is 0 Å². The topological polar surface area (TPSA) is 15.3 Å². The van der Waals surface area contributed by atoms with Gasteiger partial charge in [-0.2, -0.15) is 0 Å². The van der Waals surface area contributed by atoms with E-state index in [1.165, 1.54) is 64.7 Å². The molecule has 4 atom stereocenters. The van der Waals surface area contributed by atoms with Crippen LogP contribution in [0.25, 0.3) is 0 Å². The van der Waals surface area contributed by atoms with Crippen molar-refractivity contribution in [2.75, 3.05) is 26.2 Å². The highest BCUT2D eigenvalue weighted by Crippen LogP contribution is 2.27. The molecule has 0 radical (unpaired) electrons. The van der Waals surface area contributed by atoms with Crippen LogP contribution < -0.4 is 5.32 Å². The van der Waals surface area contributed by atoms with Gasteiger partial charge in [-0.1, -0.05) is 33.1 Å². The van der Waals surface area contributed by atoms with Gasteiger partial charge in [0.2, 0.25) is 0 Å². The van der Waals surface area contributed by atoms with Crippen LogP contribution in [0.3, 0.4) is 0 Å². The number of rotatable bonds is 7. The van der Waals surface area contributed by atoms with Crippen LogP contribution in [0.5, 0.6) is 0 Å². The van der Waals surface area contributed by atoms with Gasteiger partial charge in [0.05, 0.1) is 0 Å². The highest BCUT2D eigenvalue weighted by Gasteiger charge is 2.33. The average Bonchev–Trinajstić information content (AvgIpc) is 2.74. The quantitative estimate of drug-likeness (QED) is 0.733. The fourth-order valence-electron chi connectivity index (χ4n) is 3.48. The first-order valence-electron chi connectivity index (χ1n) is 7.79. The second-order valence-corrected chi connectivity index (χ2v) is 6.07. The van der Waals surface area contributed by atoms with E-state index in [-0.39, 0.29) is 0 Å². The predicted molar refractivity (Wildman–Crippen MR) is 74.3 cm³/mol. The van der Waals surface area contributed by atoms with E-state index in [1.54, 1.807) is 0 Å². The van der Waals surface area contributed by atoms with Gasteiger partial charge in [0.15, 0.2) is 0 Å². The highest BCUT2D eigenvalue weighted by molar-refractivity contribution is 4.90. The first-order chi connectivity index (χ1) is 8.33. The molecule has 2 heterocycles. The maximum atomic E-state index is 3.88. The lowest BCUT2D eigenvalue weighted by Crippen LogP contribution is -2.45. The molecular formula is C15H30N2. The Morgan fingerprint density at radius 1 is 1.24 bits per heavy atom. The molecule has 2 fully saturated rings. The number of nitrogens with one attached hydrogen (secondary N) is 1. The smallest absolute Gasteiger partial charge is 0.0120 e. The first-order valence-corrected chi connectivity index (χ1v) is 7.79. The minimum absolute atomic E-state index is 0.824. The fourth-order valence-corrected chi connectivity index (χ4v) is 3.48. The first kappa shape index (κ1) is 13.4. The largest absolute Gasteiger partial charge is 0.313 e. The molecular weight excluding hydrogens is 208 g/mol. The zero-order valence-electron chi connectivity index (χ0n) is 11.8. The minimum atomic E-state index is 0.824. The van der Waals surface area contributed by atoms with Gasteiger partial charge >= 0.3 is 0 Å². The maximum Gasteiger partial charge on any atom is 0.0120 e. The summed E-state index contributed by atoms with van der Waals surface area (Å²) >= 11 is 0. The van der Waals surface area contributed by atoms with Crippen LogP contribution in [0.4, 0.5) is 0 Å². The fraction of sp³-hybridized carbons (Fsp3) is 1.00. The monoisotopic (exact) mass is 238 g/mol. The number of unbranched alkanes of at least 4 members (excludes halogenated alkanes) is 1. The Labute approximate surface area is 107 Å². The van der Waals surface area contributed by atoms with E-state index in [4.69, 9.17) is 0 Å². The van der Waals surface area contributed by atoms with Crippen molar-refractivity contribution in [2.24, 2.45) is 11.8 Å². The predicted octanol–water partition coefficient (Wildman–Crippen LogP) is 2.89. The summed E-state index contributed by atoms with van der Waals surface area (Å²) in [5.41, 5.74) is 0. The van der Waals surface area contributed by atoms with Gasteiger partial charge in [-0.3, -0.25) is 0 Å². The lowest BCUT2D eigenvalue weighted by molar-refractivity contribution is 0.213. The summed E-state index contributed by atoms with van der Waals surface area (Å²) in [5.74, 6) is 1.86. The van der Waals surface area contributed by atoms with Gasteiger partial charge in [0.1, 0.15) is 0 Å². The molecule has 0 aliphatic carbocycles. The Morgan fingerprint density at radius 2 is 2.06 bits per heavy atom. The summed E-state index contributed by atoms with van der Waals surface area (Å²) in [5, 5.41) is 3.88. The molecule has 100 valence electrons. The SMILES string of the molecule is CCCCC(CC)CNC1CCN2CCC1C2. The second kappa shape index (κ2) is 6.75. The van der Waals surface area contributed by atoms with Crippen LogP contribution in [-0.4, -0.2) is 37.1 Å². The van der Waals surface area contributed by atoms with E-state index >= 15 is 0 Å². The van der Waals surface area contributed by atoms with E-state index < -0.39 is 0 Å². The van der Waals surface area contributed by atoms with E-state index in [0.717, 1.165) is 17.9 Å². The summed E-state index contributed by atoms with van der Waals surface area (Å²) in [6, 6.07) is 0.824. The van der Waals surface area contributed by atoms with Crippen molar-refractivity contribution in [2.45, 2.75) is 58.4 Å². The number of hydrogen-bond acceptors (Lipinski definition) is 2. The normalized spacial score (nSPS) is 33.9. The van der Waals surface area contributed by atoms with Gasteiger partial charge in [-0.15, -0.1) is 0 Å². The maximum absolute atomic E-state index is 3.88. The van der Waals surface area contributed by atoms with Crippen LogP contribution >= 0.6 is 0 Å². The van der Waals surface area contributed by atoms with Crippen LogP contribution in [0.15, 0.2) is 0 Å². The second-order valence-electron chi connectivity index (χ2n) is 6.07. The number of piperidine rings is 1. The molecule has 4 unspecified atom stereocenters. The third-order valence-electron chi connectivity index (χ3n) is 4.85. The minimum Gasteiger partial charge on any atom is -0.313 e. The standard InChI is InChI=1S/C15H30N2/c1-3-5-6-13(4-2)11-16-15-8-10-17-9-7-14(15)12-17/h13-16H,3-12H2,1-2H3. The van der Waals surface area contributed by atoms with Crippen molar-refractivity contribution in [3.8, 4) is 0 Å². The highest BCUT2D eigenvalue weighted by atomic mass is 15.2. The van der Waals surface area contributed by atoms with E-state index in [0.29, 0.717) is 0 Å². The van der Waals surface area contributed by atoms with Crippen LogP contribution in [0.1, 0.15) is 52.4 Å². The molecule has 0 amide bonds. The van der Waals surface area contributed by atoms with Crippen molar-refractivity contribution in [1.82, 2.24) is 10.2 Å². The number of fused-ring (bicyclic) bond motifs is 2. The molecule has 2 heteroatoms. The summed E-state index contributed by atoms with van der Waals surface area (Å²) < 4.78 is 0. The molecule has 2 rings (SSSR count). The molecule has 0 aromatic carbocycles. The molecule has 0 spiro atoms. The van der Waals surface area contributed by atoms with Crippen molar-refractivity contribution in [3.63, 3.8) is 0 Å². The van der Waals surface area contributed by atoms with Crippen molar-refractivity contribution in [3.05, 3.63) is 0 Å². The van der Waals surface area contributed by atoms with E-state index in [9.17, 15) is 0 Å². The summed E-state index contributed by atoms with van der Waals surface area (Å²) in [6.45, 7) is 9.96. The van der Waals surface area contributed by atoms with Gasteiger partial charge in [-0.25, -0.2) is 0 Å². The molecule has 0 aromatic rings. The molecule has 0 aromatic heterocycles. The Kier molecular flexibility index (Phi) is 5.30. The van der Waals surface area contributed by atoms with Gasteiger partial charge < -0.3 is 10.2 Å². The zero-order valence-corrected chi connectivity index (χ0v) is 11.8. The summed E-state index contributed by atoms with van der Waals surface area (Å²) in [6.07, 6.45) is 8.33. The lowest BCUT2D eigenvalue weighted by Gasteiger charge is -2.32. The van der Waals surface area contributed by atoms with Gasteiger partial charge in [0.25, 0.3) is 0 Å². The molecule has 2 saturated heterocycles. The molecule has 0 saturated carbocycles. The van der Waals surface area contributed by atoms with Gasteiger partial charge in [0, 0.05) is 12.6 Å². The number of hydrogen-bond donors (Lipinski definition) is 1. The van der Waals surface area contributed by atoms with Crippen LogP contribution in [0.2, 0.25) is 0 Å². The lowest BCUT2D eigenvalue weighted by atomic mass is 9.92. The molecule has 2 aliphatic rings. The molecule has 2 nitrogen and oxygen atoms in total. The Bertz CT molecular complexity index is 217. The molecule has 2 aliphatic heterocycles. The average molecular weight is 238 g/mol. The van der Waals surface area contributed by atoms with Crippen LogP contribution in [-0.2, 0) is 0 Å². The summed E-state index contributed by atoms with van der Waals surface area (Å²) in [7, 11) is 0. The summed E-state index contributed by atoms with van der Waals surface area (Å²) in [4.78, 5) is 2.64. The van der Waals surface area contributed by atoms with Gasteiger partial charge in [-0.05, 0) is 50.7 Å². The van der Waals surface area contributed by atoms with Crippen molar-refractivity contribution in [1.29, 1.82) is 0 Å². The van der Waals surface area contributed by atoms with Crippen molar-refractivity contribution < 1.29 is 0 Å². The molecule has 2 bridgehead atoms. The number of nitrogens with zero attached hydrogens (tertiary/aromatic N) is 1.